The molecule has 1 aliphatic carbocycles. The number of rotatable bonds is 7. The van der Waals surface area contributed by atoms with Crippen molar-refractivity contribution in [1.82, 2.24) is 0 Å². The topological polar surface area (TPSA) is 74.2 Å². The Morgan fingerprint density at radius 1 is 0.897 bits per heavy atom. The highest BCUT2D eigenvalue weighted by molar-refractivity contribution is 6.08. The predicted octanol–water partition coefficient (Wildman–Crippen LogP) is 4.52. The minimum absolute atomic E-state index is 0.0631. The van der Waals surface area contributed by atoms with Gasteiger partial charge >= 0.3 is 5.97 Å². The van der Waals surface area contributed by atoms with Gasteiger partial charge in [0.1, 0.15) is 11.5 Å². The first-order valence-corrected chi connectivity index (χ1v) is 9.05. The normalized spacial score (nSPS) is 14.0. The van der Waals surface area contributed by atoms with E-state index in [1.807, 2.05) is 37.3 Å². The fourth-order valence-corrected chi connectivity index (χ4v) is 3.59. The lowest BCUT2D eigenvalue weighted by atomic mass is 9.99. The first-order chi connectivity index (χ1) is 13.9. The molecule has 0 saturated heterocycles. The van der Waals surface area contributed by atoms with Crippen LogP contribution >= 0.6 is 0 Å². The summed E-state index contributed by atoms with van der Waals surface area (Å²) in [4.78, 5) is 11.4. The van der Waals surface area contributed by atoms with Crippen molar-refractivity contribution in [2.45, 2.75) is 13.3 Å². The van der Waals surface area contributed by atoms with Crippen LogP contribution in [0, 0.1) is 0 Å². The summed E-state index contributed by atoms with van der Waals surface area (Å²) in [6, 6.07) is 9.31. The number of carbonyl (C=O) groups is 1. The van der Waals surface area contributed by atoms with Gasteiger partial charge in [0, 0.05) is 11.6 Å². The van der Waals surface area contributed by atoms with Crippen LogP contribution in [0.5, 0.6) is 23.0 Å². The van der Waals surface area contributed by atoms with Crippen molar-refractivity contribution in [1.29, 1.82) is 0 Å². The Morgan fingerprint density at radius 2 is 1.55 bits per heavy atom. The molecular weight excluding hydrogens is 372 g/mol. The van der Waals surface area contributed by atoms with Gasteiger partial charge in [0.15, 0.2) is 11.5 Å². The number of benzene rings is 2. The Hall–Kier alpha value is -3.41. The summed E-state index contributed by atoms with van der Waals surface area (Å²) in [6.45, 7) is 1.93. The highest BCUT2D eigenvalue weighted by Crippen LogP contribution is 2.46. The number of carboxylic acids is 1. The maximum atomic E-state index is 11.4. The fourth-order valence-electron chi connectivity index (χ4n) is 3.59. The average Bonchev–Trinajstić information content (AvgIpc) is 2.97. The number of methoxy groups -OCH3 is 4. The van der Waals surface area contributed by atoms with Crippen LogP contribution in [0.25, 0.3) is 17.2 Å². The number of allylic oxidation sites excluding steroid dienone is 2. The van der Waals surface area contributed by atoms with Crippen molar-refractivity contribution in [2.24, 2.45) is 0 Å². The smallest absolute Gasteiger partial charge is 0.307 e. The molecule has 6 heteroatoms. The van der Waals surface area contributed by atoms with E-state index in [1.54, 1.807) is 34.5 Å². The Kier molecular flexibility index (Phi) is 5.82. The summed E-state index contributed by atoms with van der Waals surface area (Å²) < 4.78 is 21.7. The quantitative estimate of drug-likeness (QED) is 0.742. The van der Waals surface area contributed by atoms with E-state index in [4.69, 9.17) is 18.9 Å². The van der Waals surface area contributed by atoms with Crippen molar-refractivity contribution >= 4 is 23.2 Å². The molecule has 1 N–H and O–H groups in total. The molecule has 0 unspecified atom stereocenters. The number of hydrogen-bond acceptors (Lipinski definition) is 5. The minimum Gasteiger partial charge on any atom is -0.497 e. The summed E-state index contributed by atoms with van der Waals surface area (Å²) in [5.41, 5.74) is 5.25. The standard InChI is InChI=1S/C23H24O6/c1-13-17(8-14-9-21(28-4)22(29-5)12-20(14)27-3)16-7-6-15(26-2)10-19(16)18(13)11-23(24)25/h6-10,12H,11H2,1-5H3,(H,24,25). The molecule has 152 valence electrons. The third-order valence-electron chi connectivity index (χ3n) is 5.06. The molecule has 0 heterocycles. The van der Waals surface area contributed by atoms with Crippen LogP contribution in [0.3, 0.4) is 0 Å². The maximum absolute atomic E-state index is 11.4. The Labute approximate surface area is 170 Å². The molecule has 0 radical (unpaired) electrons. The van der Waals surface area contributed by atoms with Crippen LogP contribution in [-0.2, 0) is 4.79 Å². The van der Waals surface area contributed by atoms with Gasteiger partial charge in [-0.2, -0.15) is 0 Å². The zero-order chi connectivity index (χ0) is 21.1. The van der Waals surface area contributed by atoms with E-state index in [0.29, 0.717) is 23.0 Å². The van der Waals surface area contributed by atoms with Gasteiger partial charge in [0.2, 0.25) is 0 Å². The SMILES string of the molecule is COc1ccc2c(c1)C(CC(=O)O)=C(C)C2=Cc1cc(OC)c(OC)cc1OC. The molecule has 0 aromatic heterocycles. The Bertz CT molecular complexity index is 1020. The van der Waals surface area contributed by atoms with E-state index < -0.39 is 5.97 Å². The average molecular weight is 396 g/mol. The van der Waals surface area contributed by atoms with E-state index in [9.17, 15) is 9.90 Å². The monoisotopic (exact) mass is 396 g/mol. The molecule has 0 amide bonds. The van der Waals surface area contributed by atoms with E-state index in [0.717, 1.165) is 33.4 Å². The summed E-state index contributed by atoms with van der Waals surface area (Å²) in [5.74, 6) is 1.59. The van der Waals surface area contributed by atoms with Crippen molar-refractivity contribution < 1.29 is 28.8 Å². The van der Waals surface area contributed by atoms with Gasteiger partial charge in [0.05, 0.1) is 34.9 Å². The Morgan fingerprint density at radius 3 is 2.14 bits per heavy atom. The predicted molar refractivity (Wildman–Crippen MR) is 112 cm³/mol. The number of carboxylic acid groups (broad SMARTS) is 1. The third kappa shape index (κ3) is 3.78. The zero-order valence-electron chi connectivity index (χ0n) is 17.2. The number of fused-ring (bicyclic) bond motifs is 1. The zero-order valence-corrected chi connectivity index (χ0v) is 17.2. The molecule has 1 aliphatic rings. The Balaban J connectivity index is 2.22. The second-order valence-corrected chi connectivity index (χ2v) is 6.59. The molecule has 0 bridgehead atoms. The molecular formula is C23H24O6. The van der Waals surface area contributed by atoms with Crippen LogP contribution in [-0.4, -0.2) is 39.5 Å². The van der Waals surface area contributed by atoms with Gasteiger partial charge in [-0.25, -0.2) is 0 Å². The van der Waals surface area contributed by atoms with Gasteiger partial charge < -0.3 is 24.1 Å². The largest absolute Gasteiger partial charge is 0.497 e. The summed E-state index contributed by atoms with van der Waals surface area (Å²) >= 11 is 0. The van der Waals surface area contributed by atoms with Crippen molar-refractivity contribution in [3.63, 3.8) is 0 Å². The number of ether oxygens (including phenoxy) is 4. The van der Waals surface area contributed by atoms with E-state index in [2.05, 4.69) is 0 Å². The lowest BCUT2D eigenvalue weighted by Crippen LogP contribution is -1.97. The molecule has 3 rings (SSSR count). The molecule has 0 atom stereocenters. The van der Waals surface area contributed by atoms with Gasteiger partial charge in [-0.15, -0.1) is 0 Å². The van der Waals surface area contributed by atoms with Gasteiger partial charge in [0.25, 0.3) is 0 Å². The van der Waals surface area contributed by atoms with E-state index in [1.165, 1.54) is 0 Å². The first-order valence-electron chi connectivity index (χ1n) is 9.05. The molecule has 2 aromatic carbocycles. The molecule has 29 heavy (non-hydrogen) atoms. The molecule has 2 aromatic rings. The first kappa shape index (κ1) is 20.3. The lowest BCUT2D eigenvalue weighted by Gasteiger charge is -2.13. The van der Waals surface area contributed by atoms with E-state index in [-0.39, 0.29) is 6.42 Å². The molecule has 6 nitrogen and oxygen atoms in total. The highest BCUT2D eigenvalue weighted by atomic mass is 16.5. The number of aliphatic carboxylic acids is 1. The van der Waals surface area contributed by atoms with Gasteiger partial charge in [-0.05, 0) is 59.0 Å². The number of hydrogen-bond donors (Lipinski definition) is 1. The molecule has 0 aliphatic heterocycles. The second-order valence-electron chi connectivity index (χ2n) is 6.59. The highest BCUT2D eigenvalue weighted by Gasteiger charge is 2.26. The fraction of sp³-hybridized carbons (Fsp3) is 0.261. The van der Waals surface area contributed by atoms with E-state index >= 15 is 0 Å². The van der Waals surface area contributed by atoms with Crippen molar-refractivity contribution in [3.05, 3.63) is 52.6 Å². The second kappa shape index (κ2) is 8.31. The van der Waals surface area contributed by atoms with Crippen LogP contribution in [0.4, 0.5) is 0 Å². The van der Waals surface area contributed by atoms with Crippen LogP contribution in [0.15, 0.2) is 35.9 Å². The van der Waals surface area contributed by atoms with Crippen LogP contribution in [0.2, 0.25) is 0 Å². The summed E-state index contributed by atoms with van der Waals surface area (Å²) in [6.07, 6.45) is 1.92. The minimum atomic E-state index is -0.877. The summed E-state index contributed by atoms with van der Waals surface area (Å²) in [5, 5.41) is 9.39. The summed E-state index contributed by atoms with van der Waals surface area (Å²) in [7, 11) is 6.33. The van der Waals surface area contributed by atoms with Gasteiger partial charge in [-0.3, -0.25) is 4.79 Å². The van der Waals surface area contributed by atoms with Crippen LogP contribution in [0.1, 0.15) is 30.0 Å². The maximum Gasteiger partial charge on any atom is 0.307 e. The van der Waals surface area contributed by atoms with Crippen LogP contribution < -0.4 is 18.9 Å². The lowest BCUT2D eigenvalue weighted by molar-refractivity contribution is -0.135. The molecule has 0 spiro atoms. The van der Waals surface area contributed by atoms with Crippen molar-refractivity contribution in [2.75, 3.05) is 28.4 Å². The van der Waals surface area contributed by atoms with Crippen molar-refractivity contribution in [3.8, 4) is 23.0 Å². The molecule has 0 fully saturated rings. The molecule has 0 saturated carbocycles. The van der Waals surface area contributed by atoms with Gasteiger partial charge in [-0.1, -0.05) is 6.07 Å². The third-order valence-corrected chi connectivity index (χ3v) is 5.06.